The van der Waals surface area contributed by atoms with Crippen molar-refractivity contribution in [2.75, 3.05) is 0 Å². The van der Waals surface area contributed by atoms with Gasteiger partial charge >= 0.3 is 12.6 Å². The smallest absolute Gasteiger partial charge is 0.387 e. The second-order valence-electron chi connectivity index (χ2n) is 4.21. The van der Waals surface area contributed by atoms with E-state index in [0.29, 0.717) is 11.1 Å². The third-order valence-electron chi connectivity index (χ3n) is 2.88. The number of ether oxygens (including phenoxy) is 1. The van der Waals surface area contributed by atoms with Crippen LogP contribution in [0.2, 0.25) is 0 Å². The van der Waals surface area contributed by atoms with Gasteiger partial charge in [-0.3, -0.25) is 0 Å². The Hall–Kier alpha value is -2.43. The number of carbonyl (C=O) groups is 1. The summed E-state index contributed by atoms with van der Waals surface area (Å²) in [4.78, 5) is 11.0. The van der Waals surface area contributed by atoms with Gasteiger partial charge in [0.05, 0.1) is 5.56 Å². The van der Waals surface area contributed by atoms with E-state index in [2.05, 4.69) is 4.74 Å². The Bertz CT molecular complexity index is 639. The number of aryl methyl sites for hydroxylation is 1. The summed E-state index contributed by atoms with van der Waals surface area (Å²) in [6.07, 6.45) is 0. The van der Waals surface area contributed by atoms with Crippen LogP contribution in [0.3, 0.4) is 0 Å². The first-order valence-electron chi connectivity index (χ1n) is 5.87. The number of rotatable bonds is 4. The molecule has 0 saturated heterocycles. The number of aromatic carboxylic acids is 1. The van der Waals surface area contributed by atoms with Gasteiger partial charge in [-0.05, 0) is 36.2 Å². The normalized spacial score (nSPS) is 10.6. The predicted octanol–water partition coefficient (Wildman–Crippen LogP) is 3.96. The maximum atomic E-state index is 12.4. The SMILES string of the molecule is Cc1ccccc1-c1cc(C(=O)O)ccc1OC(F)F. The molecule has 0 aliphatic rings. The quantitative estimate of drug-likeness (QED) is 0.920. The van der Waals surface area contributed by atoms with Crippen molar-refractivity contribution in [3.8, 4) is 16.9 Å². The van der Waals surface area contributed by atoms with E-state index in [4.69, 9.17) is 5.11 Å². The van der Waals surface area contributed by atoms with Crippen LogP contribution in [-0.4, -0.2) is 17.7 Å². The minimum absolute atomic E-state index is 0.0184. The van der Waals surface area contributed by atoms with E-state index in [1.807, 2.05) is 19.1 Å². The zero-order valence-electron chi connectivity index (χ0n) is 10.6. The summed E-state index contributed by atoms with van der Waals surface area (Å²) in [6, 6.07) is 10.9. The van der Waals surface area contributed by atoms with Crippen LogP contribution in [0.25, 0.3) is 11.1 Å². The molecule has 5 heteroatoms. The van der Waals surface area contributed by atoms with Crippen molar-refractivity contribution in [1.82, 2.24) is 0 Å². The highest BCUT2D eigenvalue weighted by molar-refractivity contribution is 5.90. The van der Waals surface area contributed by atoms with E-state index < -0.39 is 12.6 Å². The van der Waals surface area contributed by atoms with Gasteiger partial charge in [0.15, 0.2) is 0 Å². The van der Waals surface area contributed by atoms with Crippen molar-refractivity contribution in [2.24, 2.45) is 0 Å². The van der Waals surface area contributed by atoms with Crippen molar-refractivity contribution in [3.05, 3.63) is 53.6 Å². The first kappa shape index (κ1) is 14.0. The maximum Gasteiger partial charge on any atom is 0.387 e. The first-order valence-corrected chi connectivity index (χ1v) is 5.87. The van der Waals surface area contributed by atoms with E-state index in [1.54, 1.807) is 12.1 Å². The molecule has 0 fully saturated rings. The van der Waals surface area contributed by atoms with E-state index >= 15 is 0 Å². The highest BCUT2D eigenvalue weighted by atomic mass is 19.3. The molecule has 104 valence electrons. The van der Waals surface area contributed by atoms with E-state index in [1.165, 1.54) is 18.2 Å². The third-order valence-corrected chi connectivity index (χ3v) is 2.88. The number of halogens is 2. The third kappa shape index (κ3) is 2.93. The Kier molecular flexibility index (Phi) is 3.98. The van der Waals surface area contributed by atoms with E-state index in [0.717, 1.165) is 5.56 Å². The number of alkyl halides is 2. The van der Waals surface area contributed by atoms with Gasteiger partial charge in [0.25, 0.3) is 0 Å². The molecule has 2 rings (SSSR count). The van der Waals surface area contributed by atoms with Gasteiger partial charge in [0.1, 0.15) is 5.75 Å². The van der Waals surface area contributed by atoms with Gasteiger partial charge in [-0.1, -0.05) is 24.3 Å². The average molecular weight is 278 g/mol. The van der Waals surface area contributed by atoms with Crippen LogP contribution in [0, 0.1) is 6.92 Å². The highest BCUT2D eigenvalue weighted by Gasteiger charge is 2.15. The summed E-state index contributed by atoms with van der Waals surface area (Å²) >= 11 is 0. The number of hydrogen-bond donors (Lipinski definition) is 1. The van der Waals surface area contributed by atoms with Crippen LogP contribution in [0.15, 0.2) is 42.5 Å². The zero-order chi connectivity index (χ0) is 14.7. The van der Waals surface area contributed by atoms with Gasteiger partial charge in [-0.2, -0.15) is 8.78 Å². The largest absolute Gasteiger partial charge is 0.478 e. The standard InChI is InChI=1S/C15H12F2O3/c1-9-4-2-3-5-11(9)12-8-10(14(18)19)6-7-13(12)20-15(16)17/h2-8,15H,1H3,(H,18,19). The number of carboxylic acids is 1. The summed E-state index contributed by atoms with van der Waals surface area (Å²) in [7, 11) is 0. The van der Waals surface area contributed by atoms with Gasteiger partial charge in [0, 0.05) is 5.56 Å². The Morgan fingerprint density at radius 3 is 2.45 bits per heavy atom. The number of benzene rings is 2. The zero-order valence-corrected chi connectivity index (χ0v) is 10.6. The fraction of sp³-hybridized carbons (Fsp3) is 0.133. The molecule has 0 amide bonds. The summed E-state index contributed by atoms with van der Waals surface area (Å²) in [5.41, 5.74) is 1.86. The molecule has 0 aliphatic heterocycles. The second kappa shape index (κ2) is 5.69. The summed E-state index contributed by atoms with van der Waals surface area (Å²) in [6.45, 7) is -1.15. The monoisotopic (exact) mass is 278 g/mol. The van der Waals surface area contributed by atoms with E-state index in [-0.39, 0.29) is 11.3 Å². The van der Waals surface area contributed by atoms with Gasteiger partial charge in [0.2, 0.25) is 0 Å². The fourth-order valence-electron chi connectivity index (χ4n) is 1.95. The lowest BCUT2D eigenvalue weighted by Gasteiger charge is -2.13. The van der Waals surface area contributed by atoms with Gasteiger partial charge < -0.3 is 9.84 Å². The second-order valence-corrected chi connectivity index (χ2v) is 4.21. The van der Waals surface area contributed by atoms with Crippen LogP contribution in [-0.2, 0) is 0 Å². The molecule has 2 aromatic carbocycles. The lowest BCUT2D eigenvalue weighted by Crippen LogP contribution is -2.05. The molecule has 0 bridgehead atoms. The molecule has 2 aromatic rings. The van der Waals surface area contributed by atoms with Crippen LogP contribution in [0.5, 0.6) is 5.75 Å². The molecule has 0 heterocycles. The van der Waals surface area contributed by atoms with Crippen molar-refractivity contribution >= 4 is 5.97 Å². The Balaban J connectivity index is 2.60. The Morgan fingerprint density at radius 1 is 1.15 bits per heavy atom. The average Bonchev–Trinajstić information content (AvgIpc) is 2.39. The van der Waals surface area contributed by atoms with Crippen LogP contribution in [0.1, 0.15) is 15.9 Å². The number of hydrogen-bond acceptors (Lipinski definition) is 2. The van der Waals surface area contributed by atoms with Crippen molar-refractivity contribution < 1.29 is 23.4 Å². The first-order chi connectivity index (χ1) is 9.49. The minimum atomic E-state index is -2.96. The molecule has 0 unspecified atom stereocenters. The number of carboxylic acid groups (broad SMARTS) is 1. The molecular formula is C15H12F2O3. The van der Waals surface area contributed by atoms with Crippen LogP contribution in [0.4, 0.5) is 8.78 Å². The summed E-state index contributed by atoms with van der Waals surface area (Å²) in [5, 5.41) is 9.01. The van der Waals surface area contributed by atoms with Crippen molar-refractivity contribution in [2.45, 2.75) is 13.5 Å². The summed E-state index contributed by atoms with van der Waals surface area (Å²) in [5.74, 6) is -1.16. The van der Waals surface area contributed by atoms with Gasteiger partial charge in [-0.15, -0.1) is 0 Å². The van der Waals surface area contributed by atoms with E-state index in [9.17, 15) is 13.6 Å². The van der Waals surface area contributed by atoms with Crippen molar-refractivity contribution in [1.29, 1.82) is 0 Å². The molecule has 20 heavy (non-hydrogen) atoms. The Morgan fingerprint density at radius 2 is 1.85 bits per heavy atom. The van der Waals surface area contributed by atoms with Crippen LogP contribution < -0.4 is 4.74 Å². The molecule has 0 aliphatic carbocycles. The molecular weight excluding hydrogens is 266 g/mol. The molecule has 1 N–H and O–H groups in total. The molecule has 0 radical (unpaired) electrons. The highest BCUT2D eigenvalue weighted by Crippen LogP contribution is 2.34. The molecule has 0 spiro atoms. The van der Waals surface area contributed by atoms with Crippen molar-refractivity contribution in [3.63, 3.8) is 0 Å². The fourth-order valence-corrected chi connectivity index (χ4v) is 1.95. The molecule has 3 nitrogen and oxygen atoms in total. The van der Waals surface area contributed by atoms with Gasteiger partial charge in [-0.25, -0.2) is 4.79 Å². The van der Waals surface area contributed by atoms with Crippen LogP contribution >= 0.6 is 0 Å². The molecule has 0 atom stereocenters. The maximum absolute atomic E-state index is 12.4. The minimum Gasteiger partial charge on any atom is -0.478 e. The topological polar surface area (TPSA) is 46.5 Å². The summed E-state index contributed by atoms with van der Waals surface area (Å²) < 4.78 is 29.3. The lowest BCUT2D eigenvalue weighted by molar-refractivity contribution is -0.0494. The Labute approximate surface area is 114 Å². The molecule has 0 aromatic heterocycles. The lowest BCUT2D eigenvalue weighted by atomic mass is 9.98. The molecule has 0 saturated carbocycles. The predicted molar refractivity (Wildman–Crippen MR) is 70.2 cm³/mol.